The first kappa shape index (κ1) is 16.0. The number of hydrogen-bond donors (Lipinski definition) is 2. The molecule has 1 aromatic rings. The lowest BCUT2D eigenvalue weighted by atomic mass is 10.1. The lowest BCUT2D eigenvalue weighted by molar-refractivity contribution is -0.136. The van der Waals surface area contributed by atoms with E-state index < -0.39 is 11.8 Å². The molecule has 2 rings (SSSR count). The van der Waals surface area contributed by atoms with Crippen LogP contribution in [-0.2, 0) is 14.4 Å². The van der Waals surface area contributed by atoms with Gasteiger partial charge in [-0.15, -0.1) is 0 Å². The molecule has 1 aromatic carbocycles. The van der Waals surface area contributed by atoms with Crippen molar-refractivity contribution >= 4 is 29.1 Å². The van der Waals surface area contributed by atoms with Crippen LogP contribution < -0.4 is 15.5 Å². The van der Waals surface area contributed by atoms with Gasteiger partial charge >= 0.3 is 11.8 Å². The van der Waals surface area contributed by atoms with Crippen LogP contribution in [0.2, 0.25) is 0 Å². The second-order valence-corrected chi connectivity index (χ2v) is 5.36. The molecule has 0 saturated carbocycles. The molecule has 0 atom stereocenters. The second kappa shape index (κ2) is 7.06. The zero-order valence-corrected chi connectivity index (χ0v) is 12.9. The minimum Gasteiger partial charge on any atom is -0.348 e. The lowest BCUT2D eigenvalue weighted by Crippen LogP contribution is -2.35. The largest absolute Gasteiger partial charge is 0.348 e. The van der Waals surface area contributed by atoms with Gasteiger partial charge in [0.2, 0.25) is 5.91 Å². The highest BCUT2D eigenvalue weighted by molar-refractivity contribution is 6.39. The normalized spacial score (nSPS) is 14.1. The number of hydrogen-bond acceptors (Lipinski definition) is 3. The van der Waals surface area contributed by atoms with Crippen molar-refractivity contribution in [2.75, 3.05) is 23.3 Å². The molecule has 1 aliphatic rings. The zero-order valence-electron chi connectivity index (χ0n) is 12.9. The van der Waals surface area contributed by atoms with Gasteiger partial charge in [0.25, 0.3) is 0 Å². The first-order valence-corrected chi connectivity index (χ1v) is 7.53. The van der Waals surface area contributed by atoms with Gasteiger partial charge in [-0.05, 0) is 43.5 Å². The summed E-state index contributed by atoms with van der Waals surface area (Å²) in [5.74, 6) is -1.20. The van der Waals surface area contributed by atoms with Crippen LogP contribution in [0.25, 0.3) is 0 Å². The maximum Gasteiger partial charge on any atom is 0.313 e. The smallest absolute Gasteiger partial charge is 0.313 e. The summed E-state index contributed by atoms with van der Waals surface area (Å²) >= 11 is 0. The number of nitrogens with one attached hydrogen (secondary N) is 2. The molecular formula is C16H21N3O3. The Morgan fingerprint density at radius 1 is 1.27 bits per heavy atom. The molecule has 118 valence electrons. The lowest BCUT2D eigenvalue weighted by Gasteiger charge is -2.19. The third-order valence-electron chi connectivity index (χ3n) is 3.56. The van der Waals surface area contributed by atoms with E-state index in [1.54, 1.807) is 23.1 Å². The van der Waals surface area contributed by atoms with Crippen LogP contribution in [0.1, 0.15) is 31.7 Å². The van der Waals surface area contributed by atoms with Gasteiger partial charge in [-0.25, -0.2) is 0 Å². The van der Waals surface area contributed by atoms with Crippen LogP contribution in [0.5, 0.6) is 0 Å². The second-order valence-electron chi connectivity index (χ2n) is 5.36. The monoisotopic (exact) mass is 303 g/mol. The van der Waals surface area contributed by atoms with E-state index in [-0.39, 0.29) is 5.91 Å². The quantitative estimate of drug-likeness (QED) is 0.829. The van der Waals surface area contributed by atoms with Gasteiger partial charge in [0.1, 0.15) is 0 Å². The molecule has 0 aromatic heterocycles. The minimum absolute atomic E-state index is 0.124. The van der Waals surface area contributed by atoms with E-state index in [2.05, 4.69) is 10.6 Å². The van der Waals surface area contributed by atoms with E-state index >= 15 is 0 Å². The van der Waals surface area contributed by atoms with E-state index in [1.165, 1.54) is 0 Å². The Hall–Kier alpha value is -2.37. The summed E-state index contributed by atoms with van der Waals surface area (Å²) in [4.78, 5) is 36.8. The van der Waals surface area contributed by atoms with Crippen molar-refractivity contribution in [3.63, 3.8) is 0 Å². The Morgan fingerprint density at radius 3 is 2.64 bits per heavy atom. The van der Waals surface area contributed by atoms with E-state index in [1.807, 2.05) is 13.8 Å². The Balaban J connectivity index is 2.04. The number of amides is 3. The summed E-state index contributed by atoms with van der Waals surface area (Å²) in [6.07, 6.45) is 2.22. The first-order chi connectivity index (χ1) is 10.5. The summed E-state index contributed by atoms with van der Waals surface area (Å²) in [6, 6.07) is 5.28. The van der Waals surface area contributed by atoms with Gasteiger partial charge in [0.05, 0.1) is 0 Å². The fourth-order valence-electron chi connectivity index (χ4n) is 2.45. The molecular weight excluding hydrogens is 282 g/mol. The minimum atomic E-state index is -0.683. The Bertz CT molecular complexity index is 598. The van der Waals surface area contributed by atoms with Crippen molar-refractivity contribution in [2.24, 2.45) is 0 Å². The van der Waals surface area contributed by atoms with Gasteiger partial charge in [0, 0.05) is 30.9 Å². The van der Waals surface area contributed by atoms with E-state index in [0.29, 0.717) is 18.7 Å². The molecule has 1 fully saturated rings. The highest BCUT2D eigenvalue weighted by Crippen LogP contribution is 2.27. The maximum atomic E-state index is 11.8. The predicted molar refractivity (Wildman–Crippen MR) is 84.7 cm³/mol. The maximum absolute atomic E-state index is 11.8. The van der Waals surface area contributed by atoms with Crippen LogP contribution in [0.3, 0.4) is 0 Å². The first-order valence-electron chi connectivity index (χ1n) is 7.53. The summed E-state index contributed by atoms with van der Waals surface area (Å²) in [5, 5.41) is 5.09. The van der Waals surface area contributed by atoms with Crippen molar-refractivity contribution < 1.29 is 14.4 Å². The molecule has 1 saturated heterocycles. The summed E-state index contributed by atoms with van der Waals surface area (Å²) in [7, 11) is 0. The van der Waals surface area contributed by atoms with Gasteiger partial charge in [-0.1, -0.05) is 6.92 Å². The molecule has 0 radical (unpaired) electrons. The van der Waals surface area contributed by atoms with Crippen molar-refractivity contribution in [1.82, 2.24) is 5.32 Å². The number of carbonyl (C=O) groups excluding carboxylic acids is 3. The molecule has 6 nitrogen and oxygen atoms in total. The third-order valence-corrected chi connectivity index (χ3v) is 3.56. The van der Waals surface area contributed by atoms with Crippen LogP contribution in [0.4, 0.5) is 11.4 Å². The number of aryl methyl sites for hydroxylation is 1. The molecule has 0 aliphatic carbocycles. The molecule has 0 spiro atoms. The van der Waals surface area contributed by atoms with Crippen molar-refractivity contribution in [1.29, 1.82) is 0 Å². The molecule has 0 unspecified atom stereocenters. The van der Waals surface area contributed by atoms with Crippen molar-refractivity contribution in [3.05, 3.63) is 23.8 Å². The SMILES string of the molecule is CCCNC(=O)C(=O)Nc1ccc(N2CCCC2=O)c(C)c1. The standard InChI is InChI=1S/C16H21N3O3/c1-3-8-17-15(21)16(22)18-12-6-7-13(11(2)10-12)19-9-4-5-14(19)20/h6-7,10H,3-5,8-9H2,1-2H3,(H,17,21)(H,18,22). The summed E-state index contributed by atoms with van der Waals surface area (Å²) in [6.45, 7) is 5.00. The number of benzene rings is 1. The van der Waals surface area contributed by atoms with Crippen LogP contribution >= 0.6 is 0 Å². The predicted octanol–water partition coefficient (Wildman–Crippen LogP) is 1.59. The molecule has 1 aliphatic heterocycles. The number of anilines is 2. The molecule has 1 heterocycles. The van der Waals surface area contributed by atoms with Gasteiger partial charge in [-0.3, -0.25) is 14.4 Å². The van der Waals surface area contributed by atoms with Gasteiger partial charge in [0.15, 0.2) is 0 Å². The number of nitrogens with zero attached hydrogens (tertiary/aromatic N) is 1. The fourth-order valence-corrected chi connectivity index (χ4v) is 2.45. The van der Waals surface area contributed by atoms with Crippen molar-refractivity contribution in [3.8, 4) is 0 Å². The highest BCUT2D eigenvalue weighted by Gasteiger charge is 2.23. The Kier molecular flexibility index (Phi) is 5.14. The Morgan fingerprint density at radius 2 is 2.05 bits per heavy atom. The topological polar surface area (TPSA) is 78.5 Å². The van der Waals surface area contributed by atoms with Gasteiger partial charge < -0.3 is 15.5 Å². The molecule has 3 amide bonds. The molecule has 6 heteroatoms. The van der Waals surface area contributed by atoms with E-state index in [0.717, 1.165) is 30.6 Å². The average molecular weight is 303 g/mol. The van der Waals surface area contributed by atoms with Gasteiger partial charge in [-0.2, -0.15) is 0 Å². The van der Waals surface area contributed by atoms with Crippen LogP contribution in [-0.4, -0.2) is 30.8 Å². The Labute approximate surface area is 129 Å². The number of rotatable bonds is 4. The molecule has 2 N–H and O–H groups in total. The summed E-state index contributed by atoms with van der Waals surface area (Å²) < 4.78 is 0. The third kappa shape index (κ3) is 3.63. The molecule has 0 bridgehead atoms. The fraction of sp³-hybridized carbons (Fsp3) is 0.438. The molecule has 22 heavy (non-hydrogen) atoms. The van der Waals surface area contributed by atoms with Crippen molar-refractivity contribution in [2.45, 2.75) is 33.1 Å². The average Bonchev–Trinajstić information content (AvgIpc) is 2.91. The number of carbonyl (C=O) groups is 3. The highest BCUT2D eigenvalue weighted by atomic mass is 16.2. The zero-order chi connectivity index (χ0) is 16.1. The van der Waals surface area contributed by atoms with E-state index in [4.69, 9.17) is 0 Å². The van der Waals surface area contributed by atoms with Crippen LogP contribution in [0.15, 0.2) is 18.2 Å². The van der Waals surface area contributed by atoms with Crippen LogP contribution in [0, 0.1) is 6.92 Å². The van der Waals surface area contributed by atoms with E-state index in [9.17, 15) is 14.4 Å². The summed E-state index contributed by atoms with van der Waals surface area (Å²) in [5.41, 5.74) is 2.29.